The molecule has 0 bridgehead atoms. The summed E-state index contributed by atoms with van der Waals surface area (Å²) in [6.07, 6.45) is -1.09. The summed E-state index contributed by atoms with van der Waals surface area (Å²) in [5, 5.41) is 17.1. The molecule has 1 amide bonds. The summed E-state index contributed by atoms with van der Waals surface area (Å²) in [6, 6.07) is 6.02. The van der Waals surface area contributed by atoms with Gasteiger partial charge in [-0.3, -0.25) is 4.79 Å². The van der Waals surface area contributed by atoms with Crippen molar-refractivity contribution >= 4 is 69.7 Å². The number of carbonyl (C=O) groups excluding carboxylic acids is 1. The van der Waals surface area contributed by atoms with Crippen molar-refractivity contribution < 1.29 is 14.7 Å². The Morgan fingerprint density at radius 2 is 1.76 bits per heavy atom. The van der Waals surface area contributed by atoms with E-state index in [1.165, 1.54) is 12.1 Å². The van der Waals surface area contributed by atoms with Crippen molar-refractivity contribution in [2.24, 2.45) is 5.41 Å². The molecule has 1 aromatic rings. The lowest BCUT2D eigenvalue weighted by atomic mass is 9.95. The lowest BCUT2D eigenvalue weighted by Crippen LogP contribution is -2.58. The van der Waals surface area contributed by atoms with Crippen LogP contribution in [0.25, 0.3) is 0 Å². The number of amides is 1. The lowest BCUT2D eigenvalue weighted by molar-refractivity contribution is -0.129. The highest BCUT2D eigenvalue weighted by atomic mass is 35.6. The molecular formula is C15H18Cl3N3O3S. The third kappa shape index (κ3) is 7.23. The van der Waals surface area contributed by atoms with E-state index in [0.717, 1.165) is 0 Å². The van der Waals surface area contributed by atoms with E-state index < -0.39 is 21.3 Å². The van der Waals surface area contributed by atoms with Crippen LogP contribution in [0.3, 0.4) is 0 Å². The SMILES string of the molecule is CC(C)(C)C(=O)N[C@H](NC(=S)Nc1cccc(C(=O)O)c1)C(Cl)(Cl)Cl. The number of carboxylic acid groups (broad SMARTS) is 1. The van der Waals surface area contributed by atoms with Crippen molar-refractivity contribution in [2.45, 2.75) is 30.7 Å². The summed E-state index contributed by atoms with van der Waals surface area (Å²) in [5.74, 6) is -1.41. The van der Waals surface area contributed by atoms with E-state index in [-0.39, 0.29) is 16.6 Å². The molecule has 1 rings (SSSR count). The summed E-state index contributed by atoms with van der Waals surface area (Å²) >= 11 is 22.8. The first kappa shape index (κ1) is 21.8. The molecule has 0 aromatic heterocycles. The molecule has 0 saturated heterocycles. The Hall–Kier alpha value is -1.28. The summed E-state index contributed by atoms with van der Waals surface area (Å²) in [6.45, 7) is 5.14. The number of hydrogen-bond acceptors (Lipinski definition) is 3. The number of thiocarbonyl (C=S) groups is 1. The maximum atomic E-state index is 12.1. The van der Waals surface area contributed by atoms with Gasteiger partial charge in [0.15, 0.2) is 5.11 Å². The average molecular weight is 427 g/mol. The minimum Gasteiger partial charge on any atom is -0.478 e. The molecule has 25 heavy (non-hydrogen) atoms. The highest BCUT2D eigenvalue weighted by molar-refractivity contribution is 7.80. The predicted molar refractivity (Wildman–Crippen MR) is 104 cm³/mol. The van der Waals surface area contributed by atoms with Crippen LogP contribution in [0.4, 0.5) is 5.69 Å². The molecule has 0 radical (unpaired) electrons. The van der Waals surface area contributed by atoms with Gasteiger partial charge in [-0.15, -0.1) is 0 Å². The molecule has 0 heterocycles. The first-order valence-corrected chi connectivity index (χ1v) is 8.63. The lowest BCUT2D eigenvalue weighted by Gasteiger charge is -2.30. The highest BCUT2D eigenvalue weighted by Crippen LogP contribution is 2.30. The molecule has 0 aliphatic rings. The summed E-state index contributed by atoms with van der Waals surface area (Å²) in [5.41, 5.74) is -0.171. The molecule has 1 aromatic carbocycles. The van der Waals surface area contributed by atoms with Crippen LogP contribution in [-0.4, -0.2) is 32.1 Å². The van der Waals surface area contributed by atoms with Gasteiger partial charge in [-0.25, -0.2) is 4.79 Å². The van der Waals surface area contributed by atoms with Crippen LogP contribution in [0.2, 0.25) is 0 Å². The Bertz CT molecular complexity index is 672. The number of benzene rings is 1. The van der Waals surface area contributed by atoms with Crippen molar-refractivity contribution in [2.75, 3.05) is 5.32 Å². The molecule has 0 saturated carbocycles. The third-order valence-corrected chi connectivity index (χ3v) is 3.80. The van der Waals surface area contributed by atoms with Crippen LogP contribution in [0.1, 0.15) is 31.1 Å². The number of hydrogen-bond donors (Lipinski definition) is 4. The maximum absolute atomic E-state index is 12.1. The molecule has 138 valence electrons. The fourth-order valence-electron chi connectivity index (χ4n) is 1.58. The molecule has 6 nitrogen and oxygen atoms in total. The Balaban J connectivity index is 2.84. The Labute approximate surface area is 166 Å². The van der Waals surface area contributed by atoms with Gasteiger partial charge in [0.2, 0.25) is 9.70 Å². The number of carbonyl (C=O) groups is 2. The summed E-state index contributed by atoms with van der Waals surface area (Å²) < 4.78 is -1.87. The minimum absolute atomic E-state index is 0.0491. The molecule has 4 N–H and O–H groups in total. The van der Waals surface area contributed by atoms with E-state index in [1.807, 2.05) is 0 Å². The quantitative estimate of drug-likeness (QED) is 0.334. The maximum Gasteiger partial charge on any atom is 0.335 e. The second-order valence-electron chi connectivity index (χ2n) is 6.18. The highest BCUT2D eigenvalue weighted by Gasteiger charge is 2.36. The molecule has 0 unspecified atom stereocenters. The van der Waals surface area contributed by atoms with E-state index in [2.05, 4.69) is 16.0 Å². The number of nitrogens with one attached hydrogen (secondary N) is 3. The van der Waals surface area contributed by atoms with Gasteiger partial charge in [0, 0.05) is 11.1 Å². The van der Waals surface area contributed by atoms with Gasteiger partial charge in [-0.2, -0.15) is 0 Å². The van der Waals surface area contributed by atoms with Gasteiger partial charge >= 0.3 is 5.97 Å². The van der Waals surface area contributed by atoms with E-state index in [9.17, 15) is 9.59 Å². The van der Waals surface area contributed by atoms with Crippen molar-refractivity contribution in [1.29, 1.82) is 0 Å². The predicted octanol–water partition coefficient (Wildman–Crippen LogP) is 3.53. The number of rotatable bonds is 4. The van der Waals surface area contributed by atoms with Crippen LogP contribution in [0.5, 0.6) is 0 Å². The topological polar surface area (TPSA) is 90.5 Å². The molecular weight excluding hydrogens is 409 g/mol. The van der Waals surface area contributed by atoms with Crippen LogP contribution >= 0.6 is 47.0 Å². The van der Waals surface area contributed by atoms with Crippen LogP contribution in [-0.2, 0) is 4.79 Å². The largest absolute Gasteiger partial charge is 0.478 e. The van der Waals surface area contributed by atoms with Gasteiger partial charge < -0.3 is 21.1 Å². The third-order valence-electron chi connectivity index (χ3n) is 2.93. The number of halogens is 3. The zero-order valence-corrected chi connectivity index (χ0v) is 16.8. The average Bonchev–Trinajstić information content (AvgIpc) is 2.44. The number of anilines is 1. The fraction of sp³-hybridized carbons (Fsp3) is 0.400. The molecule has 0 spiro atoms. The normalized spacial score (nSPS) is 12.9. The molecule has 0 aliphatic heterocycles. The zero-order chi connectivity index (χ0) is 19.4. The monoisotopic (exact) mass is 425 g/mol. The van der Waals surface area contributed by atoms with Crippen molar-refractivity contribution in [3.05, 3.63) is 29.8 Å². The first-order chi connectivity index (χ1) is 11.3. The van der Waals surface area contributed by atoms with Gasteiger partial charge in [-0.1, -0.05) is 61.6 Å². The van der Waals surface area contributed by atoms with E-state index in [0.29, 0.717) is 5.69 Å². The van der Waals surface area contributed by atoms with Crippen molar-refractivity contribution in [1.82, 2.24) is 10.6 Å². The smallest absolute Gasteiger partial charge is 0.335 e. The molecule has 1 atom stereocenters. The standard InChI is InChI=1S/C15H18Cl3N3O3S/c1-14(2,3)12(24)20-11(15(16,17)18)21-13(25)19-9-6-4-5-8(7-9)10(22)23/h4-7,11H,1-3H3,(H,20,24)(H,22,23)(H2,19,21,25)/t11-/m1/s1. The van der Waals surface area contributed by atoms with Crippen LogP contribution < -0.4 is 16.0 Å². The van der Waals surface area contributed by atoms with Gasteiger partial charge in [0.1, 0.15) is 6.17 Å². The zero-order valence-electron chi connectivity index (χ0n) is 13.7. The first-order valence-electron chi connectivity index (χ1n) is 7.09. The van der Waals surface area contributed by atoms with Crippen LogP contribution in [0.15, 0.2) is 24.3 Å². The summed E-state index contributed by atoms with van der Waals surface area (Å²) in [7, 11) is 0. The van der Waals surface area contributed by atoms with Crippen molar-refractivity contribution in [3.8, 4) is 0 Å². The minimum atomic E-state index is -1.87. The van der Waals surface area contributed by atoms with Gasteiger partial charge in [-0.05, 0) is 30.4 Å². The second-order valence-corrected chi connectivity index (χ2v) is 8.96. The Morgan fingerprint density at radius 1 is 1.16 bits per heavy atom. The number of aromatic carboxylic acids is 1. The van der Waals surface area contributed by atoms with Crippen molar-refractivity contribution in [3.63, 3.8) is 0 Å². The second kappa shape index (κ2) is 8.40. The molecule has 0 aliphatic carbocycles. The van der Waals surface area contributed by atoms with Crippen LogP contribution in [0, 0.1) is 5.41 Å². The Kier molecular flexibility index (Phi) is 7.31. The van der Waals surface area contributed by atoms with E-state index >= 15 is 0 Å². The van der Waals surface area contributed by atoms with E-state index in [1.54, 1.807) is 32.9 Å². The fourth-order valence-corrected chi connectivity index (χ4v) is 2.14. The summed E-state index contributed by atoms with van der Waals surface area (Å²) in [4.78, 5) is 23.1. The van der Waals surface area contributed by atoms with Gasteiger partial charge in [0.25, 0.3) is 0 Å². The van der Waals surface area contributed by atoms with Gasteiger partial charge in [0.05, 0.1) is 5.56 Å². The Morgan fingerprint density at radius 3 is 2.24 bits per heavy atom. The molecule has 10 heteroatoms. The molecule has 0 fully saturated rings. The number of alkyl halides is 3. The number of carboxylic acids is 1. The van der Waals surface area contributed by atoms with E-state index in [4.69, 9.17) is 52.1 Å².